The molecule has 1 aromatic rings. The molecule has 0 atom stereocenters. The second-order valence-electron chi connectivity index (χ2n) is 3.39. The van der Waals surface area contributed by atoms with Gasteiger partial charge < -0.3 is 24.6 Å². The Morgan fingerprint density at radius 2 is 1.72 bits per heavy atom. The highest BCUT2D eigenvalue weighted by molar-refractivity contribution is 5.95. The van der Waals surface area contributed by atoms with E-state index in [4.69, 9.17) is 19.3 Å². The SMILES string of the molecule is COc1cc(C(=O)NCCO)cc(OC)c1OC. The summed E-state index contributed by atoms with van der Waals surface area (Å²) in [7, 11) is 4.45. The number of amides is 1. The number of methoxy groups -OCH3 is 3. The standard InChI is InChI=1S/C12H17NO5/c1-16-9-6-8(12(15)13-4-5-14)7-10(17-2)11(9)18-3/h6-7,14H,4-5H2,1-3H3,(H,13,15). The van der Waals surface area contributed by atoms with E-state index in [-0.39, 0.29) is 19.1 Å². The van der Waals surface area contributed by atoms with Gasteiger partial charge in [-0.1, -0.05) is 0 Å². The number of hydrogen-bond acceptors (Lipinski definition) is 5. The van der Waals surface area contributed by atoms with Gasteiger partial charge in [0.15, 0.2) is 11.5 Å². The van der Waals surface area contributed by atoms with Crippen LogP contribution in [0.15, 0.2) is 12.1 Å². The first kappa shape index (κ1) is 14.1. The van der Waals surface area contributed by atoms with Gasteiger partial charge in [-0.3, -0.25) is 4.79 Å². The molecule has 100 valence electrons. The molecule has 0 aliphatic heterocycles. The molecule has 1 aromatic carbocycles. The summed E-state index contributed by atoms with van der Waals surface area (Å²) in [4.78, 5) is 11.8. The third-order valence-corrected chi connectivity index (χ3v) is 2.32. The molecule has 1 amide bonds. The smallest absolute Gasteiger partial charge is 0.251 e. The zero-order valence-electron chi connectivity index (χ0n) is 10.6. The van der Waals surface area contributed by atoms with Crippen LogP contribution in [-0.2, 0) is 0 Å². The van der Waals surface area contributed by atoms with E-state index in [1.807, 2.05) is 0 Å². The van der Waals surface area contributed by atoms with E-state index >= 15 is 0 Å². The van der Waals surface area contributed by atoms with Gasteiger partial charge in [-0.15, -0.1) is 0 Å². The number of rotatable bonds is 6. The van der Waals surface area contributed by atoms with Crippen molar-refractivity contribution in [3.8, 4) is 17.2 Å². The second kappa shape index (κ2) is 6.70. The van der Waals surface area contributed by atoms with E-state index in [9.17, 15) is 4.79 Å². The summed E-state index contributed by atoms with van der Waals surface area (Å²) in [5, 5.41) is 11.2. The van der Waals surface area contributed by atoms with E-state index in [1.165, 1.54) is 21.3 Å². The van der Waals surface area contributed by atoms with Gasteiger partial charge >= 0.3 is 0 Å². The Morgan fingerprint density at radius 3 is 2.11 bits per heavy atom. The van der Waals surface area contributed by atoms with Crippen molar-refractivity contribution in [3.63, 3.8) is 0 Å². The van der Waals surface area contributed by atoms with Crippen molar-refractivity contribution >= 4 is 5.91 Å². The maximum Gasteiger partial charge on any atom is 0.251 e. The molecule has 6 heteroatoms. The molecule has 0 fully saturated rings. The Balaban J connectivity index is 3.10. The minimum absolute atomic E-state index is 0.115. The molecule has 18 heavy (non-hydrogen) atoms. The largest absolute Gasteiger partial charge is 0.493 e. The van der Waals surface area contributed by atoms with E-state index in [0.717, 1.165) is 0 Å². The van der Waals surface area contributed by atoms with Crippen LogP contribution in [-0.4, -0.2) is 45.5 Å². The molecular weight excluding hydrogens is 238 g/mol. The summed E-state index contributed by atoms with van der Waals surface area (Å²) in [6.07, 6.45) is 0. The molecule has 0 unspecified atom stereocenters. The molecule has 6 nitrogen and oxygen atoms in total. The zero-order valence-corrected chi connectivity index (χ0v) is 10.6. The molecule has 0 heterocycles. The van der Waals surface area contributed by atoms with Crippen molar-refractivity contribution in [1.82, 2.24) is 5.32 Å². The van der Waals surface area contributed by atoms with Crippen LogP contribution in [0.25, 0.3) is 0 Å². The Kier molecular flexibility index (Phi) is 5.26. The highest BCUT2D eigenvalue weighted by atomic mass is 16.5. The van der Waals surface area contributed by atoms with Gasteiger partial charge in [-0.25, -0.2) is 0 Å². The predicted octanol–water partition coefficient (Wildman–Crippen LogP) is 0.434. The van der Waals surface area contributed by atoms with E-state index in [1.54, 1.807) is 12.1 Å². The summed E-state index contributed by atoms with van der Waals surface area (Å²) in [6, 6.07) is 3.10. The number of carbonyl (C=O) groups excluding carboxylic acids is 1. The fraction of sp³-hybridized carbons (Fsp3) is 0.417. The minimum atomic E-state index is -0.316. The normalized spacial score (nSPS) is 9.78. The molecular formula is C12H17NO5. The van der Waals surface area contributed by atoms with Crippen LogP contribution in [0.1, 0.15) is 10.4 Å². The van der Waals surface area contributed by atoms with Crippen molar-refractivity contribution in [2.24, 2.45) is 0 Å². The maximum atomic E-state index is 11.8. The van der Waals surface area contributed by atoms with Gasteiger partial charge in [0.25, 0.3) is 5.91 Å². The Bertz CT molecular complexity index is 394. The molecule has 0 radical (unpaired) electrons. The molecule has 0 aliphatic carbocycles. The number of benzene rings is 1. The third-order valence-electron chi connectivity index (χ3n) is 2.32. The predicted molar refractivity (Wildman–Crippen MR) is 65.5 cm³/mol. The third kappa shape index (κ3) is 3.04. The molecule has 1 rings (SSSR count). The van der Waals surface area contributed by atoms with E-state index in [2.05, 4.69) is 5.32 Å². The summed E-state index contributed by atoms with van der Waals surface area (Å²) < 4.78 is 15.4. The van der Waals surface area contributed by atoms with Crippen molar-refractivity contribution in [2.75, 3.05) is 34.5 Å². The summed E-state index contributed by atoms with van der Waals surface area (Å²) >= 11 is 0. The fourth-order valence-electron chi connectivity index (χ4n) is 1.48. The number of aliphatic hydroxyl groups excluding tert-OH is 1. The minimum Gasteiger partial charge on any atom is -0.493 e. The topological polar surface area (TPSA) is 77.0 Å². The molecule has 0 aliphatic rings. The molecule has 0 bridgehead atoms. The van der Waals surface area contributed by atoms with Crippen LogP contribution < -0.4 is 19.5 Å². The van der Waals surface area contributed by atoms with Gasteiger partial charge in [-0.05, 0) is 12.1 Å². The fourth-order valence-corrected chi connectivity index (χ4v) is 1.48. The summed E-state index contributed by atoms with van der Waals surface area (Å²) in [6.45, 7) is 0.0751. The van der Waals surface area contributed by atoms with Crippen LogP contribution >= 0.6 is 0 Å². The van der Waals surface area contributed by atoms with E-state index < -0.39 is 0 Å². The average Bonchev–Trinajstić information content (AvgIpc) is 2.42. The highest BCUT2D eigenvalue weighted by Crippen LogP contribution is 2.38. The first-order valence-electron chi connectivity index (χ1n) is 5.37. The number of carbonyl (C=O) groups is 1. The van der Waals surface area contributed by atoms with Crippen LogP contribution in [0.2, 0.25) is 0 Å². The zero-order chi connectivity index (χ0) is 13.5. The Labute approximate surface area is 105 Å². The molecule has 2 N–H and O–H groups in total. The molecule has 0 spiro atoms. The van der Waals surface area contributed by atoms with Crippen LogP contribution in [0.4, 0.5) is 0 Å². The van der Waals surface area contributed by atoms with Gasteiger partial charge in [0.1, 0.15) is 0 Å². The van der Waals surface area contributed by atoms with Crippen molar-refractivity contribution in [3.05, 3.63) is 17.7 Å². The average molecular weight is 255 g/mol. The molecule has 0 saturated carbocycles. The summed E-state index contributed by atoms with van der Waals surface area (Å²) in [5.74, 6) is 0.930. The first-order valence-corrected chi connectivity index (χ1v) is 5.37. The van der Waals surface area contributed by atoms with Crippen molar-refractivity contribution < 1.29 is 24.1 Å². The van der Waals surface area contributed by atoms with Crippen LogP contribution in [0, 0.1) is 0 Å². The first-order chi connectivity index (χ1) is 8.67. The van der Waals surface area contributed by atoms with E-state index in [0.29, 0.717) is 22.8 Å². The van der Waals surface area contributed by atoms with Gasteiger partial charge in [0.2, 0.25) is 5.75 Å². The Hall–Kier alpha value is -1.95. The summed E-state index contributed by atoms with van der Waals surface area (Å²) in [5.41, 5.74) is 0.373. The van der Waals surface area contributed by atoms with Crippen molar-refractivity contribution in [1.29, 1.82) is 0 Å². The van der Waals surface area contributed by atoms with Crippen LogP contribution in [0.5, 0.6) is 17.2 Å². The second-order valence-corrected chi connectivity index (χ2v) is 3.39. The van der Waals surface area contributed by atoms with Gasteiger partial charge in [0, 0.05) is 12.1 Å². The number of hydrogen-bond donors (Lipinski definition) is 2. The van der Waals surface area contributed by atoms with Crippen molar-refractivity contribution in [2.45, 2.75) is 0 Å². The lowest BCUT2D eigenvalue weighted by Gasteiger charge is -2.13. The maximum absolute atomic E-state index is 11.8. The number of aliphatic hydroxyl groups is 1. The van der Waals surface area contributed by atoms with Gasteiger partial charge in [-0.2, -0.15) is 0 Å². The van der Waals surface area contributed by atoms with Crippen LogP contribution in [0.3, 0.4) is 0 Å². The number of nitrogens with one attached hydrogen (secondary N) is 1. The molecule has 0 aromatic heterocycles. The quantitative estimate of drug-likeness (QED) is 0.771. The lowest BCUT2D eigenvalue weighted by atomic mass is 10.1. The monoisotopic (exact) mass is 255 g/mol. The lowest BCUT2D eigenvalue weighted by Crippen LogP contribution is -2.26. The number of ether oxygens (including phenoxy) is 3. The lowest BCUT2D eigenvalue weighted by molar-refractivity contribution is 0.0944. The Morgan fingerprint density at radius 1 is 1.17 bits per heavy atom. The highest BCUT2D eigenvalue weighted by Gasteiger charge is 2.16. The molecule has 0 saturated heterocycles. The van der Waals surface area contributed by atoms with Gasteiger partial charge in [0.05, 0.1) is 27.9 Å².